The quantitative estimate of drug-likeness (QED) is 0.806. The number of nitrogens with zero attached hydrogens (tertiary/aromatic N) is 2. The van der Waals surface area contributed by atoms with Crippen LogP contribution >= 0.6 is 0 Å². The molecule has 0 bridgehead atoms. The van der Waals surface area contributed by atoms with Gasteiger partial charge in [-0.1, -0.05) is 0 Å². The van der Waals surface area contributed by atoms with E-state index in [2.05, 4.69) is 15.3 Å². The van der Waals surface area contributed by atoms with E-state index < -0.39 is 12.1 Å². The van der Waals surface area contributed by atoms with Crippen molar-refractivity contribution in [3.8, 4) is 0 Å². The van der Waals surface area contributed by atoms with Crippen molar-refractivity contribution >= 4 is 22.7 Å². The molecule has 2 aromatic heterocycles. The number of fused-ring (bicyclic) bond motifs is 1. The van der Waals surface area contributed by atoms with Gasteiger partial charge in [-0.2, -0.15) is 0 Å². The van der Waals surface area contributed by atoms with Crippen LogP contribution in [0.4, 0.5) is 5.69 Å². The lowest BCUT2D eigenvalue weighted by Gasteiger charge is -2.14. The molecule has 0 aliphatic heterocycles. The summed E-state index contributed by atoms with van der Waals surface area (Å²) >= 11 is 0. The molecule has 2 heterocycles. The van der Waals surface area contributed by atoms with E-state index in [1.54, 1.807) is 19.2 Å². The minimum atomic E-state index is -0.554. The lowest BCUT2D eigenvalue weighted by atomic mass is 10.1. The molecule has 20 heavy (non-hydrogen) atoms. The predicted molar refractivity (Wildman–Crippen MR) is 75.7 cm³/mol. The lowest BCUT2D eigenvalue weighted by molar-refractivity contribution is 0.0197. The fourth-order valence-electron chi connectivity index (χ4n) is 1.84. The van der Waals surface area contributed by atoms with E-state index in [9.17, 15) is 4.79 Å². The number of aromatic nitrogens is 2. The van der Waals surface area contributed by atoms with Crippen LogP contribution in [0.5, 0.6) is 0 Å². The van der Waals surface area contributed by atoms with Crippen molar-refractivity contribution in [1.82, 2.24) is 9.97 Å². The number of esters is 1. The third-order valence-corrected chi connectivity index (χ3v) is 2.78. The Labute approximate surface area is 116 Å². The van der Waals surface area contributed by atoms with Gasteiger partial charge in [-0.15, -0.1) is 0 Å². The van der Waals surface area contributed by atoms with E-state index in [0.29, 0.717) is 23.4 Å². The molecule has 6 heteroatoms. The largest absolute Gasteiger partial charge is 0.457 e. The minimum absolute atomic E-state index is 0.217. The van der Waals surface area contributed by atoms with Gasteiger partial charge in [-0.05, 0) is 26.0 Å². The van der Waals surface area contributed by atoms with Crippen molar-refractivity contribution in [3.05, 3.63) is 30.1 Å². The van der Waals surface area contributed by atoms with E-state index >= 15 is 0 Å². The topological polar surface area (TPSA) is 84.3 Å². The number of anilines is 1. The molecule has 2 rings (SSSR count). The first-order valence-electron chi connectivity index (χ1n) is 6.46. The summed E-state index contributed by atoms with van der Waals surface area (Å²) in [6.07, 6.45) is 2.54. The zero-order valence-corrected chi connectivity index (χ0v) is 11.5. The summed E-state index contributed by atoms with van der Waals surface area (Å²) in [5, 5.41) is 12.9. The maximum Gasteiger partial charge on any atom is 0.342 e. The van der Waals surface area contributed by atoms with Crippen molar-refractivity contribution in [1.29, 1.82) is 0 Å². The number of ether oxygens (including phenoxy) is 1. The molecule has 6 nitrogen and oxygen atoms in total. The van der Waals surface area contributed by atoms with Gasteiger partial charge in [0.25, 0.3) is 0 Å². The van der Waals surface area contributed by atoms with E-state index in [4.69, 9.17) is 9.84 Å². The Morgan fingerprint density at radius 1 is 1.50 bits per heavy atom. The Kier molecular flexibility index (Phi) is 4.47. The third-order valence-electron chi connectivity index (χ3n) is 2.78. The highest BCUT2D eigenvalue weighted by atomic mass is 16.5. The van der Waals surface area contributed by atoms with Crippen LogP contribution < -0.4 is 5.32 Å². The predicted octanol–water partition coefficient (Wildman–Crippen LogP) is 1.60. The SMILES string of the molecule is CCNc1c(C(=O)O[C@H](C)CO)cnc2ncccc12. The molecule has 2 aromatic rings. The smallest absolute Gasteiger partial charge is 0.342 e. The molecule has 0 aliphatic carbocycles. The Morgan fingerprint density at radius 3 is 3.00 bits per heavy atom. The normalized spacial score (nSPS) is 12.2. The molecule has 0 spiro atoms. The second kappa shape index (κ2) is 6.29. The van der Waals surface area contributed by atoms with Gasteiger partial charge in [0, 0.05) is 24.3 Å². The van der Waals surface area contributed by atoms with Gasteiger partial charge in [0.2, 0.25) is 0 Å². The zero-order chi connectivity index (χ0) is 14.5. The van der Waals surface area contributed by atoms with Crippen LogP contribution in [0.15, 0.2) is 24.5 Å². The Hall–Kier alpha value is -2.21. The van der Waals surface area contributed by atoms with Crippen molar-refractivity contribution in [2.75, 3.05) is 18.5 Å². The number of aliphatic hydroxyl groups excluding tert-OH is 1. The van der Waals surface area contributed by atoms with Gasteiger partial charge in [-0.25, -0.2) is 14.8 Å². The Bertz CT molecular complexity index is 616. The average Bonchev–Trinajstić information content (AvgIpc) is 2.47. The van der Waals surface area contributed by atoms with Crippen LogP contribution in [0.1, 0.15) is 24.2 Å². The standard InChI is InChI=1S/C14H17N3O3/c1-3-15-12-10-5-4-6-16-13(10)17-7-11(12)14(19)20-9(2)8-18/h4-7,9,18H,3,8H2,1-2H3,(H,15,16,17)/t9-/m1/s1. The molecular formula is C14H17N3O3. The first-order valence-corrected chi connectivity index (χ1v) is 6.46. The highest BCUT2D eigenvalue weighted by Crippen LogP contribution is 2.25. The fraction of sp³-hybridized carbons (Fsp3) is 0.357. The van der Waals surface area contributed by atoms with Gasteiger partial charge in [-0.3, -0.25) is 0 Å². The van der Waals surface area contributed by atoms with E-state index in [1.807, 2.05) is 13.0 Å². The van der Waals surface area contributed by atoms with E-state index in [0.717, 1.165) is 5.39 Å². The van der Waals surface area contributed by atoms with E-state index in [-0.39, 0.29) is 6.61 Å². The van der Waals surface area contributed by atoms with Gasteiger partial charge in [0.15, 0.2) is 5.65 Å². The van der Waals surface area contributed by atoms with E-state index in [1.165, 1.54) is 6.20 Å². The number of pyridine rings is 2. The van der Waals surface area contributed by atoms with Gasteiger partial charge in [0.1, 0.15) is 11.7 Å². The summed E-state index contributed by atoms with van der Waals surface area (Å²) in [6.45, 7) is 4.00. The summed E-state index contributed by atoms with van der Waals surface area (Å²) < 4.78 is 5.13. The first kappa shape index (κ1) is 14.2. The summed E-state index contributed by atoms with van der Waals surface area (Å²) in [5.74, 6) is -0.513. The van der Waals surface area contributed by atoms with Crippen LogP contribution in [0.3, 0.4) is 0 Å². The summed E-state index contributed by atoms with van der Waals surface area (Å²) in [7, 11) is 0. The maximum absolute atomic E-state index is 12.1. The van der Waals surface area contributed by atoms with Gasteiger partial charge < -0.3 is 15.2 Å². The lowest BCUT2D eigenvalue weighted by Crippen LogP contribution is -2.20. The van der Waals surface area contributed by atoms with Gasteiger partial charge >= 0.3 is 5.97 Å². The molecule has 0 aromatic carbocycles. The zero-order valence-electron chi connectivity index (χ0n) is 11.5. The molecule has 1 atom stereocenters. The van der Waals surface area contributed by atoms with Crippen LogP contribution in [0, 0.1) is 0 Å². The van der Waals surface area contributed by atoms with Crippen LogP contribution in [-0.2, 0) is 4.74 Å². The molecule has 0 aliphatic rings. The summed E-state index contributed by atoms with van der Waals surface area (Å²) in [5.41, 5.74) is 1.56. The molecule has 0 radical (unpaired) electrons. The highest BCUT2D eigenvalue weighted by molar-refractivity contribution is 6.04. The average molecular weight is 275 g/mol. The Balaban J connectivity index is 2.46. The fourth-order valence-corrected chi connectivity index (χ4v) is 1.84. The summed E-state index contributed by atoms with van der Waals surface area (Å²) in [4.78, 5) is 20.4. The number of nitrogens with one attached hydrogen (secondary N) is 1. The number of hydrogen-bond acceptors (Lipinski definition) is 6. The molecule has 0 saturated heterocycles. The van der Waals surface area contributed by atoms with Gasteiger partial charge in [0.05, 0.1) is 12.3 Å². The molecule has 0 saturated carbocycles. The highest BCUT2D eigenvalue weighted by Gasteiger charge is 2.18. The van der Waals surface area contributed by atoms with Crippen LogP contribution in [0.2, 0.25) is 0 Å². The number of hydrogen-bond donors (Lipinski definition) is 2. The molecular weight excluding hydrogens is 258 g/mol. The molecule has 0 unspecified atom stereocenters. The van der Waals surface area contributed by atoms with Crippen molar-refractivity contribution in [3.63, 3.8) is 0 Å². The molecule has 0 fully saturated rings. The van der Waals surface area contributed by atoms with Crippen molar-refractivity contribution < 1.29 is 14.6 Å². The second-order valence-electron chi connectivity index (χ2n) is 4.35. The Morgan fingerprint density at radius 2 is 2.30 bits per heavy atom. The monoisotopic (exact) mass is 275 g/mol. The molecule has 2 N–H and O–H groups in total. The second-order valence-corrected chi connectivity index (χ2v) is 4.35. The number of aliphatic hydroxyl groups is 1. The molecule has 106 valence electrons. The van der Waals surface area contributed by atoms with Crippen LogP contribution in [0.25, 0.3) is 11.0 Å². The number of carbonyl (C=O) groups is 1. The molecule has 0 amide bonds. The third kappa shape index (κ3) is 2.85. The first-order chi connectivity index (χ1) is 9.67. The number of rotatable bonds is 5. The van der Waals surface area contributed by atoms with Crippen molar-refractivity contribution in [2.24, 2.45) is 0 Å². The van der Waals surface area contributed by atoms with Crippen molar-refractivity contribution in [2.45, 2.75) is 20.0 Å². The van der Waals surface area contributed by atoms with Crippen LogP contribution in [-0.4, -0.2) is 40.3 Å². The summed E-state index contributed by atoms with van der Waals surface area (Å²) in [6, 6.07) is 3.63. The minimum Gasteiger partial charge on any atom is -0.457 e. The maximum atomic E-state index is 12.1. The number of carbonyl (C=O) groups excluding carboxylic acids is 1.